The standard InChI is InChI=1S/C10H16O2/c1-6-7(11)10(4,5)8(12)9(6,2)3/h6H,1-5H3. The zero-order valence-electron chi connectivity index (χ0n) is 8.39. The minimum absolute atomic E-state index is 0.0764. The Balaban J connectivity index is 3.21. The van der Waals surface area contributed by atoms with Crippen LogP contribution in [0, 0.1) is 16.7 Å². The smallest absolute Gasteiger partial charge is 0.152 e. The fourth-order valence-electron chi connectivity index (χ4n) is 1.98. The van der Waals surface area contributed by atoms with E-state index in [4.69, 9.17) is 0 Å². The molecule has 0 aromatic carbocycles. The molecule has 1 saturated carbocycles. The van der Waals surface area contributed by atoms with Crippen molar-refractivity contribution >= 4 is 11.6 Å². The summed E-state index contributed by atoms with van der Waals surface area (Å²) in [7, 11) is 0. The average molecular weight is 168 g/mol. The largest absolute Gasteiger partial charge is 0.298 e. The molecule has 1 aliphatic carbocycles. The molecule has 1 atom stereocenters. The maximum Gasteiger partial charge on any atom is 0.152 e. The van der Waals surface area contributed by atoms with E-state index in [1.54, 1.807) is 13.8 Å². The highest BCUT2D eigenvalue weighted by Gasteiger charge is 2.57. The molecule has 1 rings (SSSR count). The number of carbonyl (C=O) groups is 2. The minimum Gasteiger partial charge on any atom is -0.298 e. The summed E-state index contributed by atoms with van der Waals surface area (Å²) < 4.78 is 0. The maximum atomic E-state index is 11.7. The lowest BCUT2D eigenvalue weighted by atomic mass is 9.80. The fraction of sp³-hybridized carbons (Fsp3) is 0.800. The number of carbonyl (C=O) groups excluding carboxylic acids is 2. The molecular weight excluding hydrogens is 152 g/mol. The van der Waals surface area contributed by atoms with E-state index in [1.165, 1.54) is 0 Å². The van der Waals surface area contributed by atoms with E-state index in [0.717, 1.165) is 0 Å². The van der Waals surface area contributed by atoms with E-state index < -0.39 is 10.8 Å². The lowest BCUT2D eigenvalue weighted by Gasteiger charge is -2.20. The summed E-state index contributed by atoms with van der Waals surface area (Å²) in [6.07, 6.45) is 0. The second-order valence-corrected chi connectivity index (χ2v) is 4.76. The van der Waals surface area contributed by atoms with Gasteiger partial charge in [0.25, 0.3) is 0 Å². The van der Waals surface area contributed by atoms with Gasteiger partial charge in [0.1, 0.15) is 5.78 Å². The molecule has 0 spiro atoms. The predicted octanol–water partition coefficient (Wildman–Crippen LogP) is 1.83. The topological polar surface area (TPSA) is 34.1 Å². The van der Waals surface area contributed by atoms with Crippen LogP contribution < -0.4 is 0 Å². The molecular formula is C10H16O2. The van der Waals surface area contributed by atoms with Crippen LogP contribution in [0.5, 0.6) is 0 Å². The second-order valence-electron chi connectivity index (χ2n) is 4.76. The van der Waals surface area contributed by atoms with Crippen molar-refractivity contribution in [1.82, 2.24) is 0 Å². The Hall–Kier alpha value is -0.660. The van der Waals surface area contributed by atoms with E-state index in [9.17, 15) is 9.59 Å². The van der Waals surface area contributed by atoms with Gasteiger partial charge in [0.15, 0.2) is 5.78 Å². The Bertz CT molecular complexity index is 249. The van der Waals surface area contributed by atoms with Gasteiger partial charge in [0, 0.05) is 11.3 Å². The summed E-state index contributed by atoms with van der Waals surface area (Å²) in [5, 5.41) is 0. The normalized spacial score (nSPS) is 32.6. The second kappa shape index (κ2) is 2.18. The SMILES string of the molecule is CC1C(=O)C(C)(C)C(=O)C1(C)C. The van der Waals surface area contributed by atoms with Crippen molar-refractivity contribution in [2.24, 2.45) is 16.7 Å². The van der Waals surface area contributed by atoms with Crippen molar-refractivity contribution in [1.29, 1.82) is 0 Å². The first-order valence-electron chi connectivity index (χ1n) is 4.31. The predicted molar refractivity (Wildman–Crippen MR) is 46.7 cm³/mol. The Morgan fingerprint density at radius 3 is 1.58 bits per heavy atom. The molecule has 12 heavy (non-hydrogen) atoms. The molecule has 0 N–H and O–H groups in total. The Morgan fingerprint density at radius 2 is 1.50 bits per heavy atom. The highest BCUT2D eigenvalue weighted by molar-refractivity contribution is 6.16. The quantitative estimate of drug-likeness (QED) is 0.517. The molecule has 0 aliphatic heterocycles. The van der Waals surface area contributed by atoms with Crippen molar-refractivity contribution in [2.45, 2.75) is 34.6 Å². The number of hydrogen-bond acceptors (Lipinski definition) is 2. The van der Waals surface area contributed by atoms with Crippen molar-refractivity contribution in [2.75, 3.05) is 0 Å². The van der Waals surface area contributed by atoms with Crippen LogP contribution in [0.1, 0.15) is 34.6 Å². The van der Waals surface area contributed by atoms with Gasteiger partial charge in [-0.15, -0.1) is 0 Å². The van der Waals surface area contributed by atoms with Gasteiger partial charge in [-0.1, -0.05) is 20.8 Å². The molecule has 1 unspecified atom stereocenters. The third kappa shape index (κ3) is 0.869. The zero-order valence-corrected chi connectivity index (χ0v) is 8.39. The van der Waals surface area contributed by atoms with Crippen molar-refractivity contribution in [3.63, 3.8) is 0 Å². The summed E-state index contributed by atoms with van der Waals surface area (Å²) in [5.41, 5.74) is -1.23. The third-order valence-corrected chi connectivity index (χ3v) is 3.24. The highest BCUT2D eigenvalue weighted by atomic mass is 16.2. The van der Waals surface area contributed by atoms with Gasteiger partial charge in [-0.3, -0.25) is 9.59 Å². The van der Waals surface area contributed by atoms with Gasteiger partial charge < -0.3 is 0 Å². The van der Waals surface area contributed by atoms with Crippen LogP contribution in [-0.4, -0.2) is 11.6 Å². The lowest BCUT2D eigenvalue weighted by Crippen LogP contribution is -2.29. The van der Waals surface area contributed by atoms with E-state index in [-0.39, 0.29) is 17.5 Å². The van der Waals surface area contributed by atoms with Crippen LogP contribution >= 0.6 is 0 Å². The van der Waals surface area contributed by atoms with Gasteiger partial charge in [-0.25, -0.2) is 0 Å². The summed E-state index contributed by atoms with van der Waals surface area (Å²) in [4.78, 5) is 23.4. The van der Waals surface area contributed by atoms with E-state index in [2.05, 4.69) is 0 Å². The number of Topliss-reactive ketones (excluding diaryl/α,β-unsaturated/α-hetero) is 2. The van der Waals surface area contributed by atoms with Crippen LogP contribution in [0.25, 0.3) is 0 Å². The van der Waals surface area contributed by atoms with Crippen molar-refractivity contribution in [3.05, 3.63) is 0 Å². The lowest BCUT2D eigenvalue weighted by molar-refractivity contribution is -0.135. The highest BCUT2D eigenvalue weighted by Crippen LogP contribution is 2.46. The van der Waals surface area contributed by atoms with Crippen molar-refractivity contribution in [3.8, 4) is 0 Å². The van der Waals surface area contributed by atoms with Gasteiger partial charge in [-0.2, -0.15) is 0 Å². The van der Waals surface area contributed by atoms with Crippen LogP contribution in [-0.2, 0) is 9.59 Å². The first-order valence-corrected chi connectivity index (χ1v) is 4.31. The third-order valence-electron chi connectivity index (χ3n) is 3.24. The van der Waals surface area contributed by atoms with E-state index in [0.29, 0.717) is 0 Å². The molecule has 2 nitrogen and oxygen atoms in total. The van der Waals surface area contributed by atoms with E-state index >= 15 is 0 Å². The molecule has 2 heteroatoms. The van der Waals surface area contributed by atoms with Gasteiger partial charge in [0.2, 0.25) is 0 Å². The summed E-state index contributed by atoms with van der Waals surface area (Å²) in [5.74, 6) is 0.0185. The van der Waals surface area contributed by atoms with Crippen LogP contribution in [0.15, 0.2) is 0 Å². The molecule has 0 saturated heterocycles. The first-order chi connectivity index (χ1) is 5.22. The Morgan fingerprint density at radius 1 is 1.08 bits per heavy atom. The Kier molecular flexibility index (Phi) is 1.71. The van der Waals surface area contributed by atoms with Crippen LogP contribution in [0.2, 0.25) is 0 Å². The van der Waals surface area contributed by atoms with Gasteiger partial charge in [0.05, 0.1) is 5.41 Å². The summed E-state index contributed by atoms with van der Waals surface area (Å²) >= 11 is 0. The van der Waals surface area contributed by atoms with Crippen LogP contribution in [0.4, 0.5) is 0 Å². The average Bonchev–Trinajstić information content (AvgIpc) is 2.06. The zero-order chi connectivity index (χ0) is 9.73. The van der Waals surface area contributed by atoms with Gasteiger partial charge >= 0.3 is 0 Å². The molecule has 0 aromatic rings. The van der Waals surface area contributed by atoms with Crippen molar-refractivity contribution < 1.29 is 9.59 Å². The van der Waals surface area contributed by atoms with Gasteiger partial charge in [-0.05, 0) is 13.8 Å². The van der Waals surface area contributed by atoms with Crippen LogP contribution in [0.3, 0.4) is 0 Å². The number of hydrogen-bond donors (Lipinski definition) is 0. The molecule has 0 heterocycles. The molecule has 1 aliphatic rings. The molecule has 68 valence electrons. The number of rotatable bonds is 0. The molecule has 0 amide bonds. The number of ketones is 2. The molecule has 1 fully saturated rings. The first kappa shape index (κ1) is 9.43. The maximum absolute atomic E-state index is 11.7. The molecule has 0 bridgehead atoms. The minimum atomic E-state index is -0.761. The van der Waals surface area contributed by atoms with E-state index in [1.807, 2.05) is 20.8 Å². The monoisotopic (exact) mass is 168 g/mol. The summed E-state index contributed by atoms with van der Waals surface area (Å²) in [6, 6.07) is 0. The fourth-order valence-corrected chi connectivity index (χ4v) is 1.98. The Labute approximate surface area is 73.3 Å². The molecule has 0 aromatic heterocycles. The molecule has 0 radical (unpaired) electrons. The summed E-state index contributed by atoms with van der Waals surface area (Å²) in [6.45, 7) is 9.00.